The van der Waals surface area contributed by atoms with E-state index in [0.717, 1.165) is 47.6 Å². The molecule has 0 aliphatic heterocycles. The van der Waals surface area contributed by atoms with E-state index in [-0.39, 0.29) is 11.8 Å². The van der Waals surface area contributed by atoms with Crippen LogP contribution in [0.5, 0.6) is 0 Å². The third-order valence-corrected chi connectivity index (χ3v) is 5.19. The summed E-state index contributed by atoms with van der Waals surface area (Å²) < 4.78 is 1.77. The first-order valence-electron chi connectivity index (χ1n) is 9.10. The first kappa shape index (κ1) is 16.6. The zero-order valence-corrected chi connectivity index (χ0v) is 14.9. The van der Waals surface area contributed by atoms with E-state index in [4.69, 9.17) is 5.73 Å². The molecule has 1 fully saturated rings. The van der Waals surface area contributed by atoms with Gasteiger partial charge in [-0.2, -0.15) is 5.10 Å². The Morgan fingerprint density at radius 1 is 1.19 bits per heavy atom. The maximum absolute atomic E-state index is 12.5. The summed E-state index contributed by atoms with van der Waals surface area (Å²) in [6.45, 7) is 0. The zero-order chi connectivity index (χ0) is 18.1. The fourth-order valence-electron chi connectivity index (χ4n) is 3.67. The molecule has 134 valence electrons. The van der Waals surface area contributed by atoms with Crippen LogP contribution in [0.3, 0.4) is 0 Å². The number of amides is 1. The molecular weight excluding hydrogens is 326 g/mol. The second kappa shape index (κ2) is 6.78. The quantitative estimate of drug-likeness (QED) is 0.754. The number of nitrogen functional groups attached to an aromatic ring is 1. The molecule has 0 radical (unpaired) electrons. The molecule has 6 heteroatoms. The molecule has 0 atom stereocenters. The van der Waals surface area contributed by atoms with E-state index in [9.17, 15) is 4.79 Å². The third kappa shape index (κ3) is 3.14. The molecule has 3 N–H and O–H groups in total. The van der Waals surface area contributed by atoms with Gasteiger partial charge in [0.25, 0.3) is 0 Å². The fourth-order valence-corrected chi connectivity index (χ4v) is 3.67. The highest BCUT2D eigenvalue weighted by molar-refractivity contribution is 6.03. The van der Waals surface area contributed by atoms with Gasteiger partial charge in [0.05, 0.1) is 11.9 Å². The lowest BCUT2D eigenvalue weighted by Gasteiger charge is -2.21. The van der Waals surface area contributed by atoms with Crippen molar-refractivity contribution in [2.45, 2.75) is 32.1 Å². The van der Waals surface area contributed by atoms with Gasteiger partial charge in [0.15, 0.2) is 5.82 Å². The number of nitrogens with one attached hydrogen (secondary N) is 1. The number of anilines is 2. The Morgan fingerprint density at radius 2 is 2.00 bits per heavy atom. The number of rotatable bonds is 3. The fraction of sp³-hybridized carbons (Fsp3) is 0.350. The van der Waals surface area contributed by atoms with Crippen LogP contribution >= 0.6 is 0 Å². The minimum Gasteiger partial charge on any atom is -0.395 e. The van der Waals surface area contributed by atoms with Crippen molar-refractivity contribution < 1.29 is 4.79 Å². The van der Waals surface area contributed by atoms with E-state index in [1.807, 2.05) is 37.6 Å². The normalized spacial score (nSPS) is 15.3. The van der Waals surface area contributed by atoms with E-state index < -0.39 is 0 Å². The van der Waals surface area contributed by atoms with Crippen LogP contribution < -0.4 is 11.1 Å². The number of nitrogens with zero attached hydrogens (tertiary/aromatic N) is 3. The number of fused-ring (bicyclic) bond motifs is 1. The molecule has 1 aliphatic rings. The largest absolute Gasteiger partial charge is 0.395 e. The summed E-state index contributed by atoms with van der Waals surface area (Å²) in [5, 5.41) is 9.00. The van der Waals surface area contributed by atoms with Crippen molar-refractivity contribution in [2.75, 3.05) is 11.1 Å². The number of pyridine rings is 1. The van der Waals surface area contributed by atoms with E-state index in [2.05, 4.69) is 15.4 Å². The summed E-state index contributed by atoms with van der Waals surface area (Å²) in [7, 11) is 1.89. The van der Waals surface area contributed by atoms with Gasteiger partial charge >= 0.3 is 0 Å². The average molecular weight is 349 g/mol. The molecule has 0 spiro atoms. The van der Waals surface area contributed by atoms with Gasteiger partial charge < -0.3 is 11.1 Å². The molecule has 2 heterocycles. The van der Waals surface area contributed by atoms with Crippen LogP contribution in [-0.4, -0.2) is 20.7 Å². The number of nitrogens with two attached hydrogens (primary N) is 1. The second-order valence-electron chi connectivity index (χ2n) is 7.05. The maximum Gasteiger partial charge on any atom is 0.228 e. The van der Waals surface area contributed by atoms with Crippen molar-refractivity contribution in [3.63, 3.8) is 0 Å². The van der Waals surface area contributed by atoms with Crippen molar-refractivity contribution in [3.8, 4) is 11.1 Å². The number of benzene rings is 1. The van der Waals surface area contributed by atoms with E-state index in [1.54, 1.807) is 10.9 Å². The molecular formula is C20H23N5O. The standard InChI is InChI=1S/C20H23N5O/c1-25-12-16(11-23-25)14-7-8-15-10-22-19(18(21)17(15)9-14)24-20(26)13-5-3-2-4-6-13/h7-13H,2-6,21H2,1H3,(H,22,24,26). The minimum absolute atomic E-state index is 0.0339. The molecule has 1 aromatic carbocycles. The SMILES string of the molecule is Cn1cc(-c2ccc3cnc(NC(=O)C4CCCCC4)c(N)c3c2)cn1. The Bertz CT molecular complexity index is 956. The first-order chi connectivity index (χ1) is 12.6. The Labute approximate surface area is 152 Å². The lowest BCUT2D eigenvalue weighted by Crippen LogP contribution is -2.25. The summed E-state index contributed by atoms with van der Waals surface area (Å²) in [5.41, 5.74) is 8.92. The Kier molecular flexibility index (Phi) is 4.32. The third-order valence-electron chi connectivity index (χ3n) is 5.19. The highest BCUT2D eigenvalue weighted by Gasteiger charge is 2.22. The van der Waals surface area contributed by atoms with E-state index >= 15 is 0 Å². The Morgan fingerprint density at radius 3 is 2.73 bits per heavy atom. The molecule has 26 heavy (non-hydrogen) atoms. The zero-order valence-electron chi connectivity index (χ0n) is 14.9. The second-order valence-corrected chi connectivity index (χ2v) is 7.05. The lowest BCUT2D eigenvalue weighted by atomic mass is 9.88. The highest BCUT2D eigenvalue weighted by Crippen LogP contribution is 2.32. The van der Waals surface area contributed by atoms with Gasteiger partial charge in [-0.15, -0.1) is 0 Å². The monoisotopic (exact) mass is 349 g/mol. The van der Waals surface area contributed by atoms with E-state index in [0.29, 0.717) is 11.5 Å². The van der Waals surface area contributed by atoms with E-state index in [1.165, 1.54) is 6.42 Å². The number of aryl methyl sites for hydroxylation is 1. The summed E-state index contributed by atoms with van der Waals surface area (Å²) >= 11 is 0. The van der Waals surface area contributed by atoms with Gasteiger partial charge in [0.2, 0.25) is 5.91 Å². The van der Waals surface area contributed by atoms with Gasteiger partial charge in [-0.1, -0.05) is 31.4 Å². The molecule has 0 saturated heterocycles. The lowest BCUT2D eigenvalue weighted by molar-refractivity contribution is -0.120. The number of carbonyl (C=O) groups excluding carboxylic acids is 1. The van der Waals surface area contributed by atoms with Crippen LogP contribution in [0.2, 0.25) is 0 Å². The van der Waals surface area contributed by atoms with Crippen molar-refractivity contribution >= 4 is 28.2 Å². The maximum atomic E-state index is 12.5. The number of aromatic nitrogens is 3. The van der Waals surface area contributed by atoms with Gasteiger partial charge in [-0.25, -0.2) is 4.98 Å². The van der Waals surface area contributed by atoms with Crippen LogP contribution in [-0.2, 0) is 11.8 Å². The van der Waals surface area contributed by atoms with Gasteiger partial charge in [0, 0.05) is 41.7 Å². The van der Waals surface area contributed by atoms with Gasteiger partial charge in [0.1, 0.15) is 0 Å². The predicted octanol–water partition coefficient (Wildman–Crippen LogP) is 3.74. The molecule has 0 bridgehead atoms. The minimum atomic E-state index is 0.0339. The smallest absolute Gasteiger partial charge is 0.228 e. The van der Waals surface area contributed by atoms with Crippen LogP contribution in [0.4, 0.5) is 11.5 Å². The Hall–Kier alpha value is -2.89. The molecule has 1 amide bonds. The van der Waals surface area contributed by atoms with Crippen molar-refractivity contribution in [2.24, 2.45) is 13.0 Å². The Balaban J connectivity index is 1.65. The number of carbonyl (C=O) groups is 1. The molecule has 6 nitrogen and oxygen atoms in total. The predicted molar refractivity (Wildman–Crippen MR) is 104 cm³/mol. The van der Waals surface area contributed by atoms with Gasteiger partial charge in [-0.05, 0) is 24.5 Å². The van der Waals surface area contributed by atoms with Crippen LogP contribution in [0.25, 0.3) is 21.9 Å². The summed E-state index contributed by atoms with van der Waals surface area (Å²) in [6, 6.07) is 6.05. The van der Waals surface area contributed by atoms with Crippen LogP contribution in [0, 0.1) is 5.92 Å². The van der Waals surface area contributed by atoms with Crippen molar-refractivity contribution in [1.29, 1.82) is 0 Å². The topological polar surface area (TPSA) is 85.8 Å². The molecule has 0 unspecified atom stereocenters. The molecule has 4 rings (SSSR count). The summed E-state index contributed by atoms with van der Waals surface area (Å²) in [4.78, 5) is 16.9. The molecule has 1 aliphatic carbocycles. The highest BCUT2D eigenvalue weighted by atomic mass is 16.1. The van der Waals surface area contributed by atoms with Crippen molar-refractivity contribution in [1.82, 2.24) is 14.8 Å². The van der Waals surface area contributed by atoms with Crippen molar-refractivity contribution in [3.05, 3.63) is 36.8 Å². The molecule has 2 aromatic heterocycles. The number of hydrogen-bond acceptors (Lipinski definition) is 4. The number of hydrogen-bond donors (Lipinski definition) is 2. The average Bonchev–Trinajstić information content (AvgIpc) is 3.11. The molecule has 3 aromatic rings. The first-order valence-corrected chi connectivity index (χ1v) is 9.10. The summed E-state index contributed by atoms with van der Waals surface area (Å²) in [6.07, 6.45) is 10.9. The molecule has 1 saturated carbocycles. The van der Waals surface area contributed by atoms with Crippen LogP contribution in [0.15, 0.2) is 36.8 Å². The summed E-state index contributed by atoms with van der Waals surface area (Å²) in [5.74, 6) is 0.561. The van der Waals surface area contributed by atoms with Crippen LogP contribution in [0.1, 0.15) is 32.1 Å². The van der Waals surface area contributed by atoms with Gasteiger partial charge in [-0.3, -0.25) is 9.48 Å².